The molecule has 0 radical (unpaired) electrons. The molecule has 0 unspecified atom stereocenters. The van der Waals surface area contributed by atoms with Gasteiger partial charge in [0.25, 0.3) is 0 Å². The van der Waals surface area contributed by atoms with Crippen molar-refractivity contribution in [3.63, 3.8) is 0 Å². The lowest BCUT2D eigenvalue weighted by Gasteiger charge is -2.28. The molecule has 0 saturated heterocycles. The van der Waals surface area contributed by atoms with Crippen LogP contribution < -0.4 is 5.73 Å². The van der Waals surface area contributed by atoms with E-state index in [9.17, 15) is 10.1 Å². The first kappa shape index (κ1) is 19.0. The van der Waals surface area contributed by atoms with Crippen LogP contribution in [0.25, 0.3) is 5.76 Å². The van der Waals surface area contributed by atoms with Crippen molar-refractivity contribution >= 4 is 34.3 Å². The van der Waals surface area contributed by atoms with Gasteiger partial charge in [0, 0.05) is 9.13 Å². The van der Waals surface area contributed by atoms with E-state index in [-0.39, 0.29) is 23.6 Å². The summed E-state index contributed by atoms with van der Waals surface area (Å²) in [5, 5.41) is 9.73. The minimum absolute atomic E-state index is 0.00551. The first-order valence-electron chi connectivity index (χ1n) is 8.37. The summed E-state index contributed by atoms with van der Waals surface area (Å²) in [6.45, 7) is 1.95. The van der Waals surface area contributed by atoms with E-state index in [2.05, 4.69) is 28.7 Å². The van der Waals surface area contributed by atoms with Crippen LogP contribution >= 0.6 is 22.6 Å². The summed E-state index contributed by atoms with van der Waals surface area (Å²) in [6, 6.07) is 18.9. The van der Waals surface area contributed by atoms with Gasteiger partial charge in [-0.1, -0.05) is 48.5 Å². The third-order valence-electron chi connectivity index (χ3n) is 4.17. The van der Waals surface area contributed by atoms with Gasteiger partial charge in [0.2, 0.25) is 5.88 Å². The van der Waals surface area contributed by atoms with Crippen LogP contribution in [0.4, 0.5) is 0 Å². The molecule has 2 aromatic carbocycles. The Bertz CT molecular complexity index is 974. The maximum atomic E-state index is 12.9. The number of nitrogens with zero attached hydrogens (tertiary/aromatic N) is 1. The van der Waals surface area contributed by atoms with Gasteiger partial charge in [0.05, 0.1) is 18.1 Å². The molecule has 27 heavy (non-hydrogen) atoms. The minimum Gasteiger partial charge on any atom is -0.463 e. The molecule has 1 heterocycles. The number of nitrogens with two attached hydrogens (primary N) is 1. The van der Waals surface area contributed by atoms with Crippen molar-refractivity contribution in [2.75, 3.05) is 6.61 Å². The molecule has 0 bridgehead atoms. The van der Waals surface area contributed by atoms with Crippen LogP contribution in [0.3, 0.4) is 0 Å². The molecule has 0 amide bonds. The summed E-state index contributed by atoms with van der Waals surface area (Å²) in [5.41, 5.74) is 8.04. The highest BCUT2D eigenvalue weighted by Crippen LogP contribution is 2.43. The lowest BCUT2D eigenvalue weighted by Crippen LogP contribution is -2.26. The van der Waals surface area contributed by atoms with E-state index in [0.29, 0.717) is 11.3 Å². The van der Waals surface area contributed by atoms with Crippen molar-refractivity contribution in [3.8, 4) is 6.07 Å². The molecule has 1 aliphatic heterocycles. The van der Waals surface area contributed by atoms with Gasteiger partial charge in [-0.3, -0.25) is 0 Å². The van der Waals surface area contributed by atoms with Crippen molar-refractivity contribution in [2.45, 2.75) is 12.8 Å². The average Bonchev–Trinajstić information content (AvgIpc) is 2.68. The Labute approximate surface area is 171 Å². The molecule has 0 spiro atoms. The Kier molecular flexibility index (Phi) is 5.81. The summed E-state index contributed by atoms with van der Waals surface area (Å²) in [4.78, 5) is 12.9. The van der Waals surface area contributed by atoms with Crippen LogP contribution in [0.15, 0.2) is 71.6 Å². The number of rotatable bonds is 4. The van der Waals surface area contributed by atoms with Gasteiger partial charge in [-0.15, -0.1) is 0 Å². The highest BCUT2D eigenvalue weighted by atomic mass is 127. The van der Waals surface area contributed by atoms with Gasteiger partial charge < -0.3 is 15.2 Å². The van der Waals surface area contributed by atoms with Crippen molar-refractivity contribution in [2.24, 2.45) is 5.73 Å². The van der Waals surface area contributed by atoms with Crippen LogP contribution in [0.1, 0.15) is 24.0 Å². The van der Waals surface area contributed by atoms with Crippen molar-refractivity contribution in [3.05, 3.63) is 86.3 Å². The van der Waals surface area contributed by atoms with Crippen LogP contribution in [0.2, 0.25) is 0 Å². The highest BCUT2D eigenvalue weighted by molar-refractivity contribution is 14.1. The molecular weight excluding hydrogens is 455 g/mol. The maximum absolute atomic E-state index is 12.9. The molecule has 5 nitrogen and oxygen atoms in total. The normalized spacial score (nSPS) is 16.6. The Morgan fingerprint density at radius 1 is 1.22 bits per heavy atom. The number of benzene rings is 2. The fraction of sp³-hybridized carbons (Fsp3) is 0.143. The number of allylic oxidation sites excluding steroid dienone is 1. The standard InChI is InChI=1S/C21H17IN2O3/c1-2-26-21(25)18-17(14-10-6-7-11-16(14)22)15(12-23)20(24)27-19(18)13-8-4-3-5-9-13/h3-11,17H,2,24H2,1H3/t17-/m0/s1. The molecule has 0 aromatic heterocycles. The Balaban J connectivity index is 2.31. The average molecular weight is 472 g/mol. The smallest absolute Gasteiger partial charge is 0.338 e. The number of ether oxygens (including phenoxy) is 2. The van der Waals surface area contributed by atoms with Crippen molar-refractivity contribution < 1.29 is 14.3 Å². The SMILES string of the molecule is CCOC(=O)C1=C(c2ccccc2)OC(N)=C(C#N)[C@@H]1c1ccccc1I. The highest BCUT2D eigenvalue weighted by Gasteiger charge is 2.38. The largest absolute Gasteiger partial charge is 0.463 e. The second-order valence-electron chi connectivity index (χ2n) is 5.78. The van der Waals surface area contributed by atoms with E-state index in [1.165, 1.54) is 0 Å². The van der Waals surface area contributed by atoms with Gasteiger partial charge in [-0.05, 0) is 41.1 Å². The summed E-state index contributed by atoms with van der Waals surface area (Å²) < 4.78 is 12.0. The van der Waals surface area contributed by atoms with Gasteiger partial charge >= 0.3 is 5.97 Å². The fourth-order valence-corrected chi connectivity index (χ4v) is 3.70. The quantitative estimate of drug-likeness (QED) is 0.536. The van der Waals surface area contributed by atoms with E-state index in [0.717, 1.165) is 9.13 Å². The summed E-state index contributed by atoms with van der Waals surface area (Å²) in [5.74, 6) is -0.878. The maximum Gasteiger partial charge on any atom is 0.338 e. The molecule has 0 aliphatic carbocycles. The summed E-state index contributed by atoms with van der Waals surface area (Å²) >= 11 is 2.18. The van der Waals surface area contributed by atoms with E-state index in [1.54, 1.807) is 6.92 Å². The first-order chi connectivity index (χ1) is 13.1. The van der Waals surface area contributed by atoms with E-state index in [1.807, 2.05) is 54.6 Å². The van der Waals surface area contributed by atoms with Gasteiger partial charge in [-0.25, -0.2) is 4.79 Å². The van der Waals surface area contributed by atoms with Gasteiger partial charge in [0.15, 0.2) is 0 Å². The molecular formula is C21H17IN2O3. The topological polar surface area (TPSA) is 85.3 Å². The predicted molar refractivity (Wildman–Crippen MR) is 110 cm³/mol. The predicted octanol–water partition coefficient (Wildman–Crippen LogP) is 4.07. The number of hydrogen-bond acceptors (Lipinski definition) is 5. The lowest BCUT2D eigenvalue weighted by atomic mass is 9.82. The molecule has 6 heteroatoms. The zero-order valence-electron chi connectivity index (χ0n) is 14.6. The van der Waals surface area contributed by atoms with E-state index < -0.39 is 11.9 Å². The van der Waals surface area contributed by atoms with Crippen LogP contribution in [-0.4, -0.2) is 12.6 Å². The number of nitriles is 1. The molecule has 3 rings (SSSR count). The van der Waals surface area contributed by atoms with Gasteiger partial charge in [0.1, 0.15) is 17.4 Å². The molecule has 136 valence electrons. The third-order valence-corrected chi connectivity index (χ3v) is 5.15. The van der Waals surface area contributed by atoms with E-state index >= 15 is 0 Å². The van der Waals surface area contributed by atoms with Crippen LogP contribution in [-0.2, 0) is 14.3 Å². The number of esters is 1. The molecule has 2 aromatic rings. The lowest BCUT2D eigenvalue weighted by molar-refractivity contribution is -0.138. The fourth-order valence-electron chi connectivity index (χ4n) is 3.00. The molecule has 0 fully saturated rings. The molecule has 1 atom stereocenters. The number of carbonyl (C=O) groups is 1. The van der Waals surface area contributed by atoms with Crippen molar-refractivity contribution in [1.29, 1.82) is 5.26 Å². The zero-order chi connectivity index (χ0) is 19.4. The van der Waals surface area contributed by atoms with Crippen LogP contribution in [0.5, 0.6) is 0 Å². The Morgan fingerprint density at radius 2 is 1.89 bits per heavy atom. The zero-order valence-corrected chi connectivity index (χ0v) is 16.8. The molecule has 1 aliphatic rings. The number of carbonyl (C=O) groups excluding carboxylic acids is 1. The first-order valence-corrected chi connectivity index (χ1v) is 9.45. The number of hydrogen-bond donors (Lipinski definition) is 1. The molecule has 0 saturated carbocycles. The summed E-state index contributed by atoms with van der Waals surface area (Å²) in [7, 11) is 0. The van der Waals surface area contributed by atoms with E-state index in [4.69, 9.17) is 15.2 Å². The second kappa shape index (κ2) is 8.27. The Hall–Kier alpha value is -2.79. The Morgan fingerprint density at radius 3 is 2.52 bits per heavy atom. The van der Waals surface area contributed by atoms with Crippen LogP contribution in [0, 0.1) is 14.9 Å². The third kappa shape index (κ3) is 3.69. The second-order valence-corrected chi connectivity index (χ2v) is 6.94. The molecule has 2 N–H and O–H groups in total. The number of halogens is 1. The summed E-state index contributed by atoms with van der Waals surface area (Å²) in [6.07, 6.45) is 0. The van der Waals surface area contributed by atoms with Gasteiger partial charge in [-0.2, -0.15) is 5.26 Å². The van der Waals surface area contributed by atoms with Crippen molar-refractivity contribution in [1.82, 2.24) is 0 Å². The minimum atomic E-state index is -0.661. The monoisotopic (exact) mass is 472 g/mol.